The van der Waals surface area contributed by atoms with Gasteiger partial charge in [-0.1, -0.05) is 26.3 Å². The van der Waals surface area contributed by atoms with Crippen LogP contribution in [0.1, 0.15) is 59.3 Å². The van der Waals surface area contributed by atoms with Crippen LogP contribution < -0.4 is 0 Å². The lowest BCUT2D eigenvalue weighted by Gasteiger charge is -2.65. The van der Waals surface area contributed by atoms with Crippen molar-refractivity contribution in [2.75, 3.05) is 6.61 Å². The molecule has 4 rings (SSSR count). The van der Waals surface area contributed by atoms with Crippen molar-refractivity contribution < 1.29 is 30.0 Å². The Morgan fingerprint density at radius 2 is 1.89 bits per heavy atom. The first-order chi connectivity index (χ1) is 13.0. The van der Waals surface area contributed by atoms with Crippen LogP contribution in [0.15, 0.2) is 11.6 Å². The van der Waals surface area contributed by atoms with Crippen molar-refractivity contribution in [1.29, 1.82) is 0 Å². The molecule has 0 radical (unpaired) electrons. The molecule has 0 aliphatic heterocycles. The third kappa shape index (κ3) is 2.07. The van der Waals surface area contributed by atoms with E-state index in [9.17, 15) is 30.0 Å². The predicted octanol–water partition coefficient (Wildman–Crippen LogP) is 1.14. The predicted molar refractivity (Wildman–Crippen MR) is 101 cm³/mol. The minimum Gasteiger partial charge on any atom is -0.390 e. The normalized spacial score (nSPS) is 53.1. The number of Topliss-reactive ketones (excluding diaryl/α,β-unsaturated/α-hetero) is 1. The van der Waals surface area contributed by atoms with E-state index in [1.807, 2.05) is 20.8 Å². The summed E-state index contributed by atoms with van der Waals surface area (Å²) in [5.74, 6) is -1.32. The Morgan fingerprint density at radius 3 is 2.54 bits per heavy atom. The van der Waals surface area contributed by atoms with E-state index in [0.717, 1.165) is 5.57 Å². The highest BCUT2D eigenvalue weighted by Crippen LogP contribution is 2.70. The van der Waals surface area contributed by atoms with Crippen LogP contribution in [-0.4, -0.2) is 55.9 Å². The molecule has 0 amide bonds. The third-order valence-electron chi connectivity index (χ3n) is 9.28. The SMILES string of the molecule is C[C@H]1C[C@H]2[C@@H]3CCC4=CC(=O)CC[C@]4(C)[C@@]3(O)[C@@H](O)C[C@]2(C)[C@@]1(O)C(=O)CO. The third-order valence-corrected chi connectivity index (χ3v) is 9.28. The molecule has 3 saturated carbocycles. The summed E-state index contributed by atoms with van der Waals surface area (Å²) in [7, 11) is 0. The molecule has 6 nitrogen and oxygen atoms in total. The second kappa shape index (κ2) is 5.97. The molecular weight excluding hydrogens is 360 g/mol. The second-order valence-corrected chi connectivity index (χ2v) is 10.2. The molecule has 156 valence electrons. The highest BCUT2D eigenvalue weighted by atomic mass is 16.3. The Labute approximate surface area is 165 Å². The summed E-state index contributed by atoms with van der Waals surface area (Å²) >= 11 is 0. The number of aliphatic hydroxyl groups excluding tert-OH is 2. The summed E-state index contributed by atoms with van der Waals surface area (Å²) in [6.07, 6.45) is 3.33. The van der Waals surface area contributed by atoms with Gasteiger partial charge < -0.3 is 20.4 Å². The second-order valence-electron chi connectivity index (χ2n) is 10.2. The zero-order chi connectivity index (χ0) is 20.7. The summed E-state index contributed by atoms with van der Waals surface area (Å²) in [5.41, 5.74) is -3.79. The van der Waals surface area contributed by atoms with Gasteiger partial charge in [0.15, 0.2) is 11.6 Å². The molecule has 4 aliphatic rings. The minimum absolute atomic E-state index is 0.0714. The number of carbonyl (C=O) groups excluding carboxylic acids is 2. The van der Waals surface area contributed by atoms with Gasteiger partial charge in [-0.2, -0.15) is 0 Å². The molecule has 0 heterocycles. The number of ketones is 2. The molecule has 3 fully saturated rings. The number of hydrogen-bond acceptors (Lipinski definition) is 6. The lowest BCUT2D eigenvalue weighted by atomic mass is 9.43. The fourth-order valence-corrected chi connectivity index (χ4v) is 7.67. The van der Waals surface area contributed by atoms with Crippen LogP contribution in [-0.2, 0) is 9.59 Å². The van der Waals surface area contributed by atoms with Crippen LogP contribution in [0.25, 0.3) is 0 Å². The average molecular weight is 392 g/mol. The maximum atomic E-state index is 12.6. The van der Waals surface area contributed by atoms with Gasteiger partial charge in [0.1, 0.15) is 17.8 Å². The monoisotopic (exact) mass is 392 g/mol. The number of rotatable bonds is 2. The smallest absolute Gasteiger partial charge is 0.190 e. The zero-order valence-electron chi connectivity index (χ0n) is 16.9. The quantitative estimate of drug-likeness (QED) is 0.560. The van der Waals surface area contributed by atoms with Gasteiger partial charge in [0, 0.05) is 17.3 Å². The lowest BCUT2D eigenvalue weighted by Crippen LogP contribution is -2.71. The molecule has 0 bridgehead atoms. The van der Waals surface area contributed by atoms with Crippen LogP contribution in [0.3, 0.4) is 0 Å². The van der Waals surface area contributed by atoms with Crippen LogP contribution in [0.5, 0.6) is 0 Å². The first-order valence-electron chi connectivity index (χ1n) is 10.5. The summed E-state index contributed by atoms with van der Waals surface area (Å²) in [6, 6.07) is 0. The van der Waals surface area contributed by atoms with Gasteiger partial charge in [0.25, 0.3) is 0 Å². The molecule has 0 aromatic heterocycles. The fourth-order valence-electron chi connectivity index (χ4n) is 7.67. The highest BCUT2D eigenvalue weighted by molar-refractivity contribution is 5.92. The van der Waals surface area contributed by atoms with E-state index >= 15 is 0 Å². The lowest BCUT2D eigenvalue weighted by molar-refractivity contribution is -0.259. The molecule has 0 aromatic rings. The van der Waals surface area contributed by atoms with E-state index in [1.165, 1.54) is 0 Å². The van der Waals surface area contributed by atoms with Gasteiger partial charge in [-0.15, -0.1) is 0 Å². The van der Waals surface area contributed by atoms with Crippen molar-refractivity contribution >= 4 is 11.6 Å². The highest BCUT2D eigenvalue weighted by Gasteiger charge is 2.74. The van der Waals surface area contributed by atoms with Gasteiger partial charge in [0.05, 0.1) is 6.10 Å². The van der Waals surface area contributed by atoms with E-state index in [-0.39, 0.29) is 30.0 Å². The molecule has 0 unspecified atom stereocenters. The van der Waals surface area contributed by atoms with Crippen molar-refractivity contribution in [3.05, 3.63) is 11.6 Å². The van der Waals surface area contributed by atoms with Crippen LogP contribution in [0.2, 0.25) is 0 Å². The van der Waals surface area contributed by atoms with Crippen molar-refractivity contribution in [3.8, 4) is 0 Å². The van der Waals surface area contributed by atoms with Crippen LogP contribution in [0, 0.1) is 28.6 Å². The number of aliphatic hydroxyl groups is 4. The van der Waals surface area contributed by atoms with Crippen molar-refractivity contribution in [2.45, 2.75) is 76.6 Å². The Bertz CT molecular complexity index is 760. The van der Waals surface area contributed by atoms with Gasteiger partial charge in [-0.3, -0.25) is 9.59 Å². The first-order valence-corrected chi connectivity index (χ1v) is 10.5. The molecule has 0 aromatic carbocycles. The molecule has 4 N–H and O–H groups in total. The van der Waals surface area contributed by atoms with Crippen molar-refractivity contribution in [1.82, 2.24) is 0 Å². The first kappa shape index (κ1) is 20.2. The van der Waals surface area contributed by atoms with E-state index in [4.69, 9.17) is 0 Å². The number of hydrogen-bond donors (Lipinski definition) is 4. The van der Waals surface area contributed by atoms with Gasteiger partial charge >= 0.3 is 0 Å². The maximum absolute atomic E-state index is 12.6. The molecule has 8 atom stereocenters. The minimum atomic E-state index is -1.71. The molecule has 0 spiro atoms. The summed E-state index contributed by atoms with van der Waals surface area (Å²) in [6.45, 7) is 4.86. The Hall–Kier alpha value is -1.08. The van der Waals surface area contributed by atoms with Crippen LogP contribution >= 0.6 is 0 Å². The fraction of sp³-hybridized carbons (Fsp3) is 0.818. The Balaban J connectivity index is 1.83. The molecule has 0 saturated heterocycles. The van der Waals surface area contributed by atoms with Crippen LogP contribution in [0.4, 0.5) is 0 Å². The Morgan fingerprint density at radius 1 is 1.21 bits per heavy atom. The van der Waals surface area contributed by atoms with E-state index < -0.39 is 40.5 Å². The topological polar surface area (TPSA) is 115 Å². The Kier molecular flexibility index (Phi) is 4.31. The average Bonchev–Trinajstić information content (AvgIpc) is 2.84. The maximum Gasteiger partial charge on any atom is 0.190 e. The largest absolute Gasteiger partial charge is 0.390 e. The zero-order valence-corrected chi connectivity index (χ0v) is 16.9. The molecule has 6 heteroatoms. The standard InChI is InChI=1S/C22H32O6/c1-12-8-16-15-5-4-13-9-14(24)6-7-19(13,2)22(15,28)17(25)10-20(16,3)21(12,27)18(26)11-23/h9,12,15-17,23,25,27-28H,4-8,10-11H2,1-3H3/t12-,15-,16-,17-,19-,20-,21-,22-/m0/s1. The van der Waals surface area contributed by atoms with E-state index in [1.54, 1.807) is 6.08 Å². The van der Waals surface area contributed by atoms with Crippen molar-refractivity contribution in [2.24, 2.45) is 28.6 Å². The van der Waals surface area contributed by atoms with Gasteiger partial charge in [-0.05, 0) is 55.9 Å². The van der Waals surface area contributed by atoms with Gasteiger partial charge in [-0.25, -0.2) is 0 Å². The number of carbonyl (C=O) groups is 2. The molecule has 4 aliphatic carbocycles. The van der Waals surface area contributed by atoms with E-state index in [2.05, 4.69) is 0 Å². The van der Waals surface area contributed by atoms with Crippen molar-refractivity contribution in [3.63, 3.8) is 0 Å². The molecule has 28 heavy (non-hydrogen) atoms. The number of fused-ring (bicyclic) bond motifs is 5. The summed E-state index contributed by atoms with van der Waals surface area (Å²) in [5, 5.41) is 44.2. The summed E-state index contributed by atoms with van der Waals surface area (Å²) < 4.78 is 0. The van der Waals surface area contributed by atoms with Gasteiger partial charge in [0.2, 0.25) is 0 Å². The molecular formula is C22H32O6. The summed E-state index contributed by atoms with van der Waals surface area (Å²) in [4.78, 5) is 24.6. The van der Waals surface area contributed by atoms with E-state index in [0.29, 0.717) is 32.1 Å².